The van der Waals surface area contributed by atoms with E-state index in [4.69, 9.17) is 0 Å². The number of fused-ring (bicyclic) bond motifs is 1. The van der Waals surface area contributed by atoms with Crippen molar-refractivity contribution in [3.05, 3.63) is 102 Å². The highest BCUT2D eigenvalue weighted by atomic mass is 16.1. The lowest BCUT2D eigenvalue weighted by molar-refractivity contribution is -0.114. The Bertz CT molecular complexity index is 1180. The van der Waals surface area contributed by atoms with Crippen molar-refractivity contribution in [1.82, 2.24) is 5.32 Å². The van der Waals surface area contributed by atoms with Crippen molar-refractivity contribution >= 4 is 22.4 Å². The lowest BCUT2D eigenvalue weighted by atomic mass is 9.99. The van der Waals surface area contributed by atoms with E-state index in [2.05, 4.69) is 90.4 Å². The van der Waals surface area contributed by atoms with Crippen molar-refractivity contribution in [2.75, 3.05) is 5.32 Å². The first-order valence-electron chi connectivity index (χ1n) is 10.3. The van der Waals surface area contributed by atoms with Crippen molar-refractivity contribution in [3.8, 4) is 11.1 Å². The molecule has 0 aliphatic heterocycles. The summed E-state index contributed by atoms with van der Waals surface area (Å²) >= 11 is 0. The molecule has 0 aromatic heterocycles. The maximum absolute atomic E-state index is 11.3. The Kier molecular flexibility index (Phi) is 5.92. The molecule has 0 saturated carbocycles. The molecule has 0 saturated heterocycles. The highest BCUT2D eigenvalue weighted by Crippen LogP contribution is 2.26. The van der Waals surface area contributed by atoms with Gasteiger partial charge in [-0.1, -0.05) is 72.8 Å². The number of anilines is 1. The molecule has 1 amide bonds. The summed E-state index contributed by atoms with van der Waals surface area (Å²) in [6.45, 7) is 4.52. The molecule has 2 N–H and O–H groups in total. The van der Waals surface area contributed by atoms with Gasteiger partial charge in [0.15, 0.2) is 0 Å². The van der Waals surface area contributed by atoms with E-state index in [9.17, 15) is 4.79 Å². The molecule has 0 heterocycles. The summed E-state index contributed by atoms with van der Waals surface area (Å²) in [5, 5.41) is 9.08. The van der Waals surface area contributed by atoms with E-state index in [1.165, 1.54) is 28.8 Å². The summed E-state index contributed by atoms with van der Waals surface area (Å²) in [5.41, 5.74) is 5.58. The van der Waals surface area contributed by atoms with Gasteiger partial charge in [-0.2, -0.15) is 0 Å². The van der Waals surface area contributed by atoms with E-state index in [-0.39, 0.29) is 11.9 Å². The van der Waals surface area contributed by atoms with E-state index >= 15 is 0 Å². The fraction of sp³-hybridized carbons (Fsp3) is 0.148. The molecular weight excluding hydrogens is 368 g/mol. The van der Waals surface area contributed by atoms with E-state index in [0.29, 0.717) is 0 Å². The van der Waals surface area contributed by atoms with Crippen LogP contribution in [0.2, 0.25) is 0 Å². The van der Waals surface area contributed by atoms with E-state index in [0.717, 1.165) is 23.4 Å². The van der Waals surface area contributed by atoms with Gasteiger partial charge >= 0.3 is 0 Å². The smallest absolute Gasteiger partial charge is 0.221 e. The number of hydrogen-bond acceptors (Lipinski definition) is 2. The highest BCUT2D eigenvalue weighted by Gasteiger charge is 2.09. The Labute approximate surface area is 177 Å². The summed E-state index contributed by atoms with van der Waals surface area (Å²) in [6.07, 6.45) is 0. The number of carbonyl (C=O) groups is 1. The maximum atomic E-state index is 11.3. The molecule has 1 unspecified atom stereocenters. The second-order valence-electron chi connectivity index (χ2n) is 7.63. The average molecular weight is 395 g/mol. The summed E-state index contributed by atoms with van der Waals surface area (Å²) < 4.78 is 0. The monoisotopic (exact) mass is 394 g/mol. The van der Waals surface area contributed by atoms with Crippen LogP contribution >= 0.6 is 0 Å². The van der Waals surface area contributed by atoms with Crippen LogP contribution < -0.4 is 10.6 Å². The first-order valence-corrected chi connectivity index (χ1v) is 10.3. The molecule has 0 spiro atoms. The molecule has 0 aliphatic carbocycles. The Morgan fingerprint density at radius 1 is 0.833 bits per heavy atom. The average Bonchev–Trinajstić information content (AvgIpc) is 2.77. The van der Waals surface area contributed by atoms with Crippen LogP contribution in [0.4, 0.5) is 5.69 Å². The fourth-order valence-electron chi connectivity index (χ4n) is 3.85. The van der Waals surface area contributed by atoms with E-state index in [1.54, 1.807) is 0 Å². The van der Waals surface area contributed by atoms with Gasteiger partial charge in [-0.25, -0.2) is 0 Å². The zero-order valence-electron chi connectivity index (χ0n) is 17.4. The third-order valence-corrected chi connectivity index (χ3v) is 5.35. The zero-order chi connectivity index (χ0) is 20.9. The number of benzene rings is 4. The first-order chi connectivity index (χ1) is 14.6. The minimum absolute atomic E-state index is 0.0625. The highest BCUT2D eigenvalue weighted by molar-refractivity contribution is 5.89. The third kappa shape index (κ3) is 4.58. The van der Waals surface area contributed by atoms with Crippen LogP contribution in [0.15, 0.2) is 91.0 Å². The SMILES string of the molecule is CC(=O)Nc1cccc(-c2cccc(CNC(C)c3cccc4ccccc34)c2)c1. The van der Waals surface area contributed by atoms with Gasteiger partial charge in [-0.3, -0.25) is 4.79 Å². The van der Waals surface area contributed by atoms with Gasteiger partial charge in [0.25, 0.3) is 0 Å². The van der Waals surface area contributed by atoms with Crippen molar-refractivity contribution in [2.24, 2.45) is 0 Å². The van der Waals surface area contributed by atoms with Gasteiger partial charge < -0.3 is 10.6 Å². The maximum Gasteiger partial charge on any atom is 0.221 e. The second-order valence-corrected chi connectivity index (χ2v) is 7.63. The normalized spacial score (nSPS) is 11.9. The molecule has 0 aliphatic rings. The Hall–Kier alpha value is -3.43. The van der Waals surface area contributed by atoms with Crippen LogP contribution in [0.5, 0.6) is 0 Å². The van der Waals surface area contributed by atoms with Crippen molar-refractivity contribution in [3.63, 3.8) is 0 Å². The summed E-state index contributed by atoms with van der Waals surface area (Å²) in [6, 6.07) is 31.7. The summed E-state index contributed by atoms with van der Waals surface area (Å²) in [7, 11) is 0. The fourth-order valence-corrected chi connectivity index (χ4v) is 3.85. The van der Waals surface area contributed by atoms with Gasteiger partial charge in [0.2, 0.25) is 5.91 Å². The predicted molar refractivity (Wildman–Crippen MR) is 125 cm³/mol. The third-order valence-electron chi connectivity index (χ3n) is 5.35. The van der Waals surface area contributed by atoms with Gasteiger partial charge in [0, 0.05) is 25.2 Å². The van der Waals surface area contributed by atoms with Gasteiger partial charge in [0.05, 0.1) is 0 Å². The van der Waals surface area contributed by atoms with E-state index in [1.807, 2.05) is 18.2 Å². The quantitative estimate of drug-likeness (QED) is 0.402. The molecule has 150 valence electrons. The number of nitrogens with one attached hydrogen (secondary N) is 2. The van der Waals surface area contributed by atoms with E-state index < -0.39 is 0 Å². The molecule has 0 fully saturated rings. The number of rotatable bonds is 6. The zero-order valence-corrected chi connectivity index (χ0v) is 17.4. The number of hydrogen-bond donors (Lipinski definition) is 2. The Morgan fingerprint density at radius 2 is 1.53 bits per heavy atom. The second kappa shape index (κ2) is 8.93. The van der Waals surface area contributed by atoms with Crippen LogP contribution in [0.3, 0.4) is 0 Å². The molecule has 3 heteroatoms. The molecule has 30 heavy (non-hydrogen) atoms. The lowest BCUT2D eigenvalue weighted by Gasteiger charge is -2.17. The van der Waals surface area contributed by atoms with Crippen LogP contribution in [0.1, 0.15) is 31.0 Å². The summed E-state index contributed by atoms with van der Waals surface area (Å²) in [5.74, 6) is -0.0625. The van der Waals surface area contributed by atoms with Crippen LogP contribution in [0.25, 0.3) is 21.9 Å². The molecule has 0 radical (unpaired) electrons. The van der Waals surface area contributed by atoms with Crippen LogP contribution in [-0.4, -0.2) is 5.91 Å². The lowest BCUT2D eigenvalue weighted by Crippen LogP contribution is -2.18. The van der Waals surface area contributed by atoms with Crippen LogP contribution in [-0.2, 0) is 11.3 Å². The van der Waals surface area contributed by atoms with Gasteiger partial charge in [-0.15, -0.1) is 0 Å². The minimum atomic E-state index is -0.0625. The Balaban J connectivity index is 1.50. The molecule has 4 aromatic rings. The predicted octanol–water partition coefficient (Wildman–Crippen LogP) is 6.32. The molecule has 4 aromatic carbocycles. The van der Waals surface area contributed by atoms with Crippen molar-refractivity contribution < 1.29 is 4.79 Å². The first kappa shape index (κ1) is 19.9. The van der Waals surface area contributed by atoms with Crippen molar-refractivity contribution in [2.45, 2.75) is 26.4 Å². The van der Waals surface area contributed by atoms with Gasteiger partial charge in [0.1, 0.15) is 0 Å². The molecule has 1 atom stereocenters. The minimum Gasteiger partial charge on any atom is -0.326 e. The summed E-state index contributed by atoms with van der Waals surface area (Å²) in [4.78, 5) is 11.3. The Morgan fingerprint density at radius 3 is 2.37 bits per heavy atom. The van der Waals surface area contributed by atoms with Gasteiger partial charge in [-0.05, 0) is 58.1 Å². The number of carbonyl (C=O) groups excluding carboxylic acids is 1. The topological polar surface area (TPSA) is 41.1 Å². The standard InChI is InChI=1S/C27H26N2O/c1-19(26-15-7-10-22-9-3-4-14-27(22)26)28-18-21-8-5-11-23(16-21)24-12-6-13-25(17-24)29-20(2)30/h3-17,19,28H,18H2,1-2H3,(H,29,30). The molecule has 3 nitrogen and oxygen atoms in total. The van der Waals surface area contributed by atoms with Crippen molar-refractivity contribution in [1.29, 1.82) is 0 Å². The molecule has 0 bridgehead atoms. The number of amides is 1. The molecular formula is C27H26N2O. The molecule has 4 rings (SSSR count). The van der Waals surface area contributed by atoms with Crippen LogP contribution in [0, 0.1) is 0 Å². The largest absolute Gasteiger partial charge is 0.326 e.